The van der Waals surface area contributed by atoms with Crippen LogP contribution >= 0.6 is 0 Å². The van der Waals surface area contributed by atoms with E-state index in [4.69, 9.17) is 5.10 Å². The number of rotatable bonds is 6. The summed E-state index contributed by atoms with van der Waals surface area (Å²) in [4.78, 5) is 0. The second kappa shape index (κ2) is 6.08. The average Bonchev–Trinajstić information content (AvgIpc) is 2.98. The summed E-state index contributed by atoms with van der Waals surface area (Å²) >= 11 is 0. The summed E-state index contributed by atoms with van der Waals surface area (Å²) in [6, 6.07) is 2.87. The van der Waals surface area contributed by atoms with Gasteiger partial charge < -0.3 is 5.32 Å². The van der Waals surface area contributed by atoms with Crippen molar-refractivity contribution in [1.29, 1.82) is 0 Å². The van der Waals surface area contributed by atoms with Gasteiger partial charge in [-0.2, -0.15) is 5.10 Å². The van der Waals surface area contributed by atoms with Crippen LogP contribution in [0.25, 0.3) is 0 Å². The van der Waals surface area contributed by atoms with E-state index in [0.717, 1.165) is 13.0 Å². The van der Waals surface area contributed by atoms with Gasteiger partial charge in [0.15, 0.2) is 0 Å². The molecule has 0 bridgehead atoms. The molecule has 1 aromatic heterocycles. The Morgan fingerprint density at radius 1 is 1.42 bits per heavy atom. The van der Waals surface area contributed by atoms with E-state index < -0.39 is 0 Å². The molecule has 1 aliphatic rings. The molecule has 0 radical (unpaired) electrons. The summed E-state index contributed by atoms with van der Waals surface area (Å²) in [5.74, 6) is 0.650. The first kappa shape index (κ1) is 14.6. The molecule has 0 aliphatic heterocycles. The van der Waals surface area contributed by atoms with Crippen LogP contribution < -0.4 is 5.32 Å². The molecular weight excluding hydrogens is 234 g/mol. The van der Waals surface area contributed by atoms with Gasteiger partial charge in [-0.25, -0.2) is 0 Å². The fraction of sp³-hybridized carbons (Fsp3) is 0.812. The SMILES string of the molecule is CNCC(C)(Cc1ccn(C2CCCC2)n1)C(C)C. The molecule has 1 heterocycles. The third-order valence-electron chi connectivity index (χ3n) is 4.92. The normalized spacial score (nSPS) is 20.1. The Morgan fingerprint density at radius 3 is 2.68 bits per heavy atom. The van der Waals surface area contributed by atoms with Crippen LogP contribution in [0.2, 0.25) is 0 Å². The van der Waals surface area contributed by atoms with Crippen molar-refractivity contribution in [3.05, 3.63) is 18.0 Å². The van der Waals surface area contributed by atoms with E-state index in [9.17, 15) is 0 Å². The smallest absolute Gasteiger partial charge is 0.0630 e. The highest BCUT2D eigenvalue weighted by Gasteiger charge is 2.29. The molecule has 0 amide bonds. The Labute approximate surface area is 117 Å². The van der Waals surface area contributed by atoms with Crippen LogP contribution in [0, 0.1) is 11.3 Å². The molecule has 1 aliphatic carbocycles. The van der Waals surface area contributed by atoms with Crippen molar-refractivity contribution in [3.8, 4) is 0 Å². The minimum Gasteiger partial charge on any atom is -0.319 e. The van der Waals surface area contributed by atoms with Crippen LogP contribution in [0.15, 0.2) is 12.3 Å². The van der Waals surface area contributed by atoms with E-state index in [1.165, 1.54) is 31.4 Å². The highest BCUT2D eigenvalue weighted by atomic mass is 15.3. The number of nitrogens with zero attached hydrogens (tertiary/aromatic N) is 2. The maximum Gasteiger partial charge on any atom is 0.0630 e. The quantitative estimate of drug-likeness (QED) is 0.852. The van der Waals surface area contributed by atoms with E-state index in [-0.39, 0.29) is 5.41 Å². The molecule has 0 aromatic carbocycles. The van der Waals surface area contributed by atoms with Crippen molar-refractivity contribution in [2.75, 3.05) is 13.6 Å². The highest BCUT2D eigenvalue weighted by Crippen LogP contribution is 2.32. The molecular formula is C16H29N3. The lowest BCUT2D eigenvalue weighted by Gasteiger charge is -2.33. The third-order valence-corrected chi connectivity index (χ3v) is 4.92. The van der Waals surface area contributed by atoms with Gasteiger partial charge in [0.25, 0.3) is 0 Å². The first-order chi connectivity index (χ1) is 9.05. The van der Waals surface area contributed by atoms with Crippen molar-refractivity contribution in [2.45, 2.75) is 58.9 Å². The molecule has 19 heavy (non-hydrogen) atoms. The number of aromatic nitrogens is 2. The average molecular weight is 263 g/mol. The van der Waals surface area contributed by atoms with Gasteiger partial charge >= 0.3 is 0 Å². The zero-order valence-corrected chi connectivity index (χ0v) is 12.9. The van der Waals surface area contributed by atoms with Gasteiger partial charge in [-0.15, -0.1) is 0 Å². The van der Waals surface area contributed by atoms with Crippen molar-refractivity contribution in [2.24, 2.45) is 11.3 Å². The topological polar surface area (TPSA) is 29.9 Å². The van der Waals surface area contributed by atoms with Crippen molar-refractivity contribution >= 4 is 0 Å². The van der Waals surface area contributed by atoms with Gasteiger partial charge in [0.2, 0.25) is 0 Å². The van der Waals surface area contributed by atoms with Gasteiger partial charge in [0.05, 0.1) is 11.7 Å². The summed E-state index contributed by atoms with van der Waals surface area (Å²) in [6.07, 6.45) is 8.58. The van der Waals surface area contributed by atoms with Crippen molar-refractivity contribution < 1.29 is 0 Å². The predicted molar refractivity (Wildman–Crippen MR) is 80.3 cm³/mol. The summed E-state index contributed by atoms with van der Waals surface area (Å²) < 4.78 is 2.21. The molecule has 0 saturated heterocycles. The van der Waals surface area contributed by atoms with Crippen LogP contribution in [0.1, 0.15) is 58.2 Å². The molecule has 3 nitrogen and oxygen atoms in total. The fourth-order valence-electron chi connectivity index (χ4n) is 3.13. The van der Waals surface area contributed by atoms with Crippen LogP contribution in [-0.2, 0) is 6.42 Å². The Kier molecular flexibility index (Phi) is 4.67. The lowest BCUT2D eigenvalue weighted by atomic mass is 9.75. The first-order valence-electron chi connectivity index (χ1n) is 7.74. The highest BCUT2D eigenvalue weighted by molar-refractivity contribution is 5.04. The van der Waals surface area contributed by atoms with Crippen molar-refractivity contribution in [1.82, 2.24) is 15.1 Å². The van der Waals surface area contributed by atoms with Gasteiger partial charge in [-0.3, -0.25) is 4.68 Å². The van der Waals surface area contributed by atoms with E-state index in [2.05, 4.69) is 43.0 Å². The van der Waals surface area contributed by atoms with Crippen LogP contribution in [0.5, 0.6) is 0 Å². The number of hydrogen-bond donors (Lipinski definition) is 1. The summed E-state index contributed by atoms with van der Waals surface area (Å²) in [5, 5.41) is 8.17. The standard InChI is InChI=1S/C16H29N3/c1-13(2)16(3,12-17-4)11-14-9-10-19(18-14)15-7-5-6-8-15/h9-10,13,15,17H,5-8,11-12H2,1-4H3. The zero-order chi connectivity index (χ0) is 13.9. The number of hydrogen-bond acceptors (Lipinski definition) is 2. The van der Waals surface area contributed by atoms with Gasteiger partial charge in [-0.05, 0) is 43.7 Å². The minimum absolute atomic E-state index is 0.281. The Morgan fingerprint density at radius 2 is 2.11 bits per heavy atom. The predicted octanol–water partition coefficient (Wildman–Crippen LogP) is 3.42. The zero-order valence-electron chi connectivity index (χ0n) is 12.9. The Bertz CT molecular complexity index is 390. The van der Waals surface area contributed by atoms with Crippen LogP contribution in [-0.4, -0.2) is 23.4 Å². The lowest BCUT2D eigenvalue weighted by Crippen LogP contribution is -2.36. The largest absolute Gasteiger partial charge is 0.319 e. The second-order valence-corrected chi connectivity index (χ2v) is 6.74. The molecule has 1 N–H and O–H groups in total. The maximum absolute atomic E-state index is 4.83. The fourth-order valence-corrected chi connectivity index (χ4v) is 3.13. The van der Waals surface area contributed by atoms with Gasteiger partial charge in [0.1, 0.15) is 0 Å². The molecule has 1 atom stereocenters. The maximum atomic E-state index is 4.83. The van der Waals surface area contributed by atoms with Crippen LogP contribution in [0.3, 0.4) is 0 Å². The minimum atomic E-state index is 0.281. The van der Waals surface area contributed by atoms with Crippen LogP contribution in [0.4, 0.5) is 0 Å². The Balaban J connectivity index is 2.05. The summed E-state index contributed by atoms with van der Waals surface area (Å²) in [6.45, 7) is 8.03. The van der Waals surface area contributed by atoms with Gasteiger partial charge in [-0.1, -0.05) is 33.6 Å². The molecule has 1 saturated carbocycles. The van der Waals surface area contributed by atoms with E-state index >= 15 is 0 Å². The molecule has 1 fully saturated rings. The van der Waals surface area contributed by atoms with E-state index in [1.807, 2.05) is 7.05 Å². The lowest BCUT2D eigenvalue weighted by molar-refractivity contribution is 0.209. The van der Waals surface area contributed by atoms with Crippen molar-refractivity contribution in [3.63, 3.8) is 0 Å². The monoisotopic (exact) mass is 263 g/mol. The molecule has 0 spiro atoms. The summed E-state index contributed by atoms with van der Waals surface area (Å²) in [5.41, 5.74) is 1.53. The second-order valence-electron chi connectivity index (χ2n) is 6.74. The molecule has 3 heteroatoms. The van der Waals surface area contributed by atoms with E-state index in [1.54, 1.807) is 0 Å². The van der Waals surface area contributed by atoms with Gasteiger partial charge in [0, 0.05) is 12.7 Å². The Hall–Kier alpha value is -0.830. The number of nitrogens with one attached hydrogen (secondary N) is 1. The molecule has 2 rings (SSSR count). The first-order valence-corrected chi connectivity index (χ1v) is 7.74. The summed E-state index contributed by atoms with van der Waals surface area (Å²) in [7, 11) is 2.04. The molecule has 108 valence electrons. The van der Waals surface area contributed by atoms with E-state index in [0.29, 0.717) is 12.0 Å². The molecule has 1 aromatic rings. The third kappa shape index (κ3) is 3.38. The molecule has 1 unspecified atom stereocenters.